The molecular weight excluding hydrogens is 246 g/mol. The fourth-order valence-electron chi connectivity index (χ4n) is 3.09. The molecule has 0 aliphatic heterocycles. The van der Waals surface area contributed by atoms with Gasteiger partial charge in [0.1, 0.15) is 11.9 Å². The number of nitrogens with zero attached hydrogens (tertiary/aromatic N) is 1. The monoisotopic (exact) mass is 265 g/mol. The summed E-state index contributed by atoms with van der Waals surface area (Å²) in [5.41, 5.74) is 0.713. The highest BCUT2D eigenvalue weighted by Crippen LogP contribution is 2.33. The average Bonchev–Trinajstić information content (AvgIpc) is 2.50. The van der Waals surface area contributed by atoms with Crippen LogP contribution in [0, 0.1) is 17.2 Å². The Morgan fingerprint density at radius 1 is 1.05 bits per heavy atom. The number of hydrogen-bond donors (Lipinski definition) is 0. The van der Waals surface area contributed by atoms with Crippen LogP contribution in [0.2, 0.25) is 0 Å². The van der Waals surface area contributed by atoms with Crippen molar-refractivity contribution >= 4 is 10.8 Å². The highest BCUT2D eigenvalue weighted by molar-refractivity contribution is 5.92. The lowest BCUT2D eigenvalue weighted by molar-refractivity contribution is 0.104. The van der Waals surface area contributed by atoms with Crippen LogP contribution in [0.5, 0.6) is 5.75 Å². The Labute approximate surface area is 120 Å². The van der Waals surface area contributed by atoms with Crippen LogP contribution in [0.15, 0.2) is 36.4 Å². The van der Waals surface area contributed by atoms with Gasteiger partial charge in [-0.3, -0.25) is 0 Å². The highest BCUT2D eigenvalue weighted by Gasteiger charge is 2.23. The van der Waals surface area contributed by atoms with Crippen molar-refractivity contribution in [1.29, 1.82) is 5.26 Å². The number of ether oxygens (including phenoxy) is 1. The van der Waals surface area contributed by atoms with Crippen molar-refractivity contribution in [3.63, 3.8) is 0 Å². The van der Waals surface area contributed by atoms with Gasteiger partial charge in [-0.25, -0.2) is 0 Å². The second-order valence-corrected chi connectivity index (χ2v) is 5.69. The van der Waals surface area contributed by atoms with Crippen LogP contribution >= 0.6 is 0 Å². The van der Waals surface area contributed by atoms with Crippen LogP contribution in [0.25, 0.3) is 10.8 Å². The molecule has 0 spiro atoms. The molecular formula is C18H19NO. The number of rotatable bonds is 2. The number of fused-ring (bicyclic) bond motifs is 1. The second-order valence-electron chi connectivity index (χ2n) is 5.69. The third-order valence-electron chi connectivity index (χ3n) is 4.32. The summed E-state index contributed by atoms with van der Waals surface area (Å²) >= 11 is 0. The van der Waals surface area contributed by atoms with E-state index >= 15 is 0 Å². The van der Waals surface area contributed by atoms with Gasteiger partial charge < -0.3 is 4.74 Å². The zero-order valence-electron chi connectivity index (χ0n) is 11.8. The van der Waals surface area contributed by atoms with Crippen LogP contribution in [-0.4, -0.2) is 6.10 Å². The molecule has 1 aliphatic carbocycles. The Bertz CT molecular complexity index is 656. The third kappa shape index (κ3) is 2.36. The molecule has 3 rings (SSSR count). The lowest BCUT2D eigenvalue weighted by Gasteiger charge is -2.29. The van der Waals surface area contributed by atoms with Crippen LogP contribution in [-0.2, 0) is 0 Å². The van der Waals surface area contributed by atoms with Crippen molar-refractivity contribution in [2.24, 2.45) is 5.92 Å². The summed E-state index contributed by atoms with van der Waals surface area (Å²) < 4.78 is 6.27. The molecule has 1 fully saturated rings. The summed E-state index contributed by atoms with van der Waals surface area (Å²) in [5.74, 6) is 1.52. The summed E-state index contributed by atoms with van der Waals surface area (Å²) in [6.07, 6.45) is 5.26. The summed E-state index contributed by atoms with van der Waals surface area (Å²) in [4.78, 5) is 0. The number of hydrogen-bond acceptors (Lipinski definition) is 2. The smallest absolute Gasteiger partial charge is 0.127 e. The van der Waals surface area contributed by atoms with E-state index < -0.39 is 0 Å². The van der Waals surface area contributed by atoms with E-state index in [0.717, 1.165) is 22.9 Å². The highest BCUT2D eigenvalue weighted by atomic mass is 16.5. The minimum Gasteiger partial charge on any atom is -0.490 e. The number of nitriles is 1. The van der Waals surface area contributed by atoms with E-state index in [1.165, 1.54) is 19.3 Å². The first-order valence-electron chi connectivity index (χ1n) is 7.38. The van der Waals surface area contributed by atoms with E-state index in [4.69, 9.17) is 4.74 Å². The maximum absolute atomic E-state index is 9.20. The molecule has 1 saturated carbocycles. The van der Waals surface area contributed by atoms with Gasteiger partial charge in [-0.1, -0.05) is 37.6 Å². The Balaban J connectivity index is 1.98. The van der Waals surface area contributed by atoms with Crippen molar-refractivity contribution in [2.75, 3.05) is 0 Å². The van der Waals surface area contributed by atoms with Crippen molar-refractivity contribution in [1.82, 2.24) is 0 Å². The molecule has 2 unspecified atom stereocenters. The second kappa shape index (κ2) is 5.54. The van der Waals surface area contributed by atoms with Gasteiger partial charge in [0.25, 0.3) is 0 Å². The van der Waals surface area contributed by atoms with Gasteiger partial charge in [0, 0.05) is 10.8 Å². The molecule has 2 aromatic carbocycles. The molecule has 2 nitrogen and oxygen atoms in total. The molecule has 0 radical (unpaired) electrons. The first-order valence-corrected chi connectivity index (χ1v) is 7.38. The minimum absolute atomic E-state index is 0.306. The van der Waals surface area contributed by atoms with Gasteiger partial charge in [0.2, 0.25) is 0 Å². The first kappa shape index (κ1) is 13.0. The van der Waals surface area contributed by atoms with Crippen LogP contribution in [0.3, 0.4) is 0 Å². The molecule has 0 bridgehead atoms. The van der Waals surface area contributed by atoms with Gasteiger partial charge in [0.05, 0.1) is 11.6 Å². The predicted octanol–water partition coefficient (Wildman–Crippen LogP) is 4.67. The lowest BCUT2D eigenvalue weighted by Crippen LogP contribution is -2.28. The zero-order valence-corrected chi connectivity index (χ0v) is 11.8. The van der Waals surface area contributed by atoms with Crippen LogP contribution in [0.4, 0.5) is 0 Å². The van der Waals surface area contributed by atoms with E-state index in [9.17, 15) is 5.26 Å². The van der Waals surface area contributed by atoms with Gasteiger partial charge >= 0.3 is 0 Å². The molecule has 1 aliphatic rings. The normalized spacial score (nSPS) is 22.4. The standard InChI is InChI=1S/C18H19NO/c1-13-6-2-5-9-17(13)20-18-11-10-14(12-19)15-7-3-4-8-16(15)18/h3-4,7-8,10-11,13,17H,2,5-6,9H2,1H3. The molecule has 20 heavy (non-hydrogen) atoms. The fraction of sp³-hybridized carbons (Fsp3) is 0.389. The van der Waals surface area contributed by atoms with E-state index in [1.54, 1.807) is 0 Å². The molecule has 2 aromatic rings. The van der Waals surface area contributed by atoms with E-state index in [2.05, 4.69) is 13.0 Å². The minimum atomic E-state index is 0.306. The maximum atomic E-state index is 9.20. The SMILES string of the molecule is CC1CCCCC1Oc1ccc(C#N)c2ccccc12. The largest absolute Gasteiger partial charge is 0.490 e. The molecule has 0 saturated heterocycles. The molecule has 2 heteroatoms. The fourth-order valence-corrected chi connectivity index (χ4v) is 3.09. The van der Waals surface area contributed by atoms with Gasteiger partial charge in [-0.05, 0) is 37.3 Å². The maximum Gasteiger partial charge on any atom is 0.127 e. The van der Waals surface area contributed by atoms with Crippen molar-refractivity contribution in [2.45, 2.75) is 38.7 Å². The summed E-state index contributed by atoms with van der Waals surface area (Å²) in [7, 11) is 0. The average molecular weight is 265 g/mol. The van der Waals surface area contributed by atoms with E-state index in [-0.39, 0.29) is 0 Å². The molecule has 0 amide bonds. The Kier molecular flexibility index (Phi) is 3.60. The van der Waals surface area contributed by atoms with Crippen LogP contribution in [0.1, 0.15) is 38.2 Å². The van der Waals surface area contributed by atoms with E-state index in [1.807, 2.05) is 36.4 Å². The Morgan fingerprint density at radius 2 is 1.80 bits per heavy atom. The molecule has 0 heterocycles. The van der Waals surface area contributed by atoms with Crippen molar-refractivity contribution in [3.05, 3.63) is 42.0 Å². The predicted molar refractivity (Wildman–Crippen MR) is 80.7 cm³/mol. The lowest BCUT2D eigenvalue weighted by atomic mass is 9.88. The van der Waals surface area contributed by atoms with Gasteiger partial charge in [-0.15, -0.1) is 0 Å². The summed E-state index contributed by atoms with van der Waals surface area (Å²) in [6, 6.07) is 14.1. The van der Waals surface area contributed by atoms with Gasteiger partial charge in [0.15, 0.2) is 0 Å². The summed E-state index contributed by atoms with van der Waals surface area (Å²) in [6.45, 7) is 2.27. The van der Waals surface area contributed by atoms with Crippen molar-refractivity contribution < 1.29 is 4.74 Å². The summed E-state index contributed by atoms with van der Waals surface area (Å²) in [5, 5.41) is 11.2. The third-order valence-corrected chi connectivity index (χ3v) is 4.32. The van der Waals surface area contributed by atoms with Crippen LogP contribution < -0.4 is 4.74 Å². The van der Waals surface area contributed by atoms with Crippen molar-refractivity contribution in [3.8, 4) is 11.8 Å². The Hall–Kier alpha value is -2.01. The zero-order chi connectivity index (χ0) is 13.9. The molecule has 102 valence electrons. The van der Waals surface area contributed by atoms with E-state index in [0.29, 0.717) is 17.6 Å². The Morgan fingerprint density at radius 3 is 2.55 bits per heavy atom. The molecule has 2 atom stereocenters. The number of benzene rings is 2. The first-order chi connectivity index (χ1) is 9.79. The molecule has 0 aromatic heterocycles. The van der Waals surface area contributed by atoms with Gasteiger partial charge in [-0.2, -0.15) is 5.26 Å². The topological polar surface area (TPSA) is 33.0 Å². The molecule has 0 N–H and O–H groups in total. The quantitative estimate of drug-likeness (QED) is 0.790.